The Morgan fingerprint density at radius 1 is 1.00 bits per heavy atom. The van der Waals surface area contributed by atoms with E-state index in [4.69, 9.17) is 15.1 Å². The maximum atomic E-state index is 5.09. The van der Waals surface area contributed by atoms with Crippen molar-refractivity contribution in [3.63, 3.8) is 0 Å². The van der Waals surface area contributed by atoms with Crippen LogP contribution in [0.3, 0.4) is 0 Å². The molecule has 0 unspecified atom stereocenters. The van der Waals surface area contributed by atoms with Gasteiger partial charge in [-0.25, -0.2) is 19.5 Å². The van der Waals surface area contributed by atoms with Crippen LogP contribution in [0.2, 0.25) is 0 Å². The first kappa shape index (κ1) is 18.7. The maximum absolute atomic E-state index is 5.09. The van der Waals surface area contributed by atoms with Crippen molar-refractivity contribution in [2.24, 2.45) is 0 Å². The van der Waals surface area contributed by atoms with Gasteiger partial charge in [0.2, 0.25) is 0 Å². The highest BCUT2D eigenvalue weighted by Gasteiger charge is 2.30. The first-order valence-corrected chi connectivity index (χ1v) is 11.6. The average molecular weight is 413 g/mol. The van der Waals surface area contributed by atoms with Gasteiger partial charge in [0.25, 0.3) is 0 Å². The fourth-order valence-corrected chi connectivity index (χ4v) is 5.52. The number of benzene rings is 1. The Hall–Kier alpha value is -3.02. The zero-order chi connectivity index (χ0) is 20.9. The predicted molar refractivity (Wildman–Crippen MR) is 123 cm³/mol. The fourth-order valence-electron chi connectivity index (χ4n) is 5.52. The second kappa shape index (κ2) is 7.29. The molecule has 0 saturated carbocycles. The van der Waals surface area contributed by atoms with Crippen molar-refractivity contribution in [1.29, 1.82) is 0 Å². The molecule has 0 amide bonds. The Labute approximate surface area is 182 Å². The average Bonchev–Trinajstić information content (AvgIpc) is 3.23. The van der Waals surface area contributed by atoms with Crippen LogP contribution >= 0.6 is 0 Å². The van der Waals surface area contributed by atoms with E-state index in [0.29, 0.717) is 0 Å². The van der Waals surface area contributed by atoms with Gasteiger partial charge in [0.1, 0.15) is 12.1 Å². The third-order valence-electron chi connectivity index (χ3n) is 7.12. The minimum absolute atomic E-state index is 0.213. The van der Waals surface area contributed by atoms with E-state index in [2.05, 4.69) is 52.5 Å². The van der Waals surface area contributed by atoms with E-state index in [-0.39, 0.29) is 6.04 Å². The molecular formula is C25H28N6. The van der Waals surface area contributed by atoms with Crippen molar-refractivity contribution >= 4 is 22.4 Å². The summed E-state index contributed by atoms with van der Waals surface area (Å²) in [6.45, 7) is 5.34. The maximum Gasteiger partial charge on any atom is 0.155 e. The van der Waals surface area contributed by atoms with Crippen LogP contribution in [0, 0.1) is 13.8 Å². The first-order chi connectivity index (χ1) is 15.2. The number of aryl methyl sites for hydroxylation is 3. The van der Waals surface area contributed by atoms with Crippen molar-refractivity contribution in [1.82, 2.24) is 24.6 Å². The number of hydrogen-bond donors (Lipinski definition) is 0. The summed E-state index contributed by atoms with van der Waals surface area (Å²) >= 11 is 0. The molecule has 31 heavy (non-hydrogen) atoms. The number of fused-ring (bicyclic) bond motifs is 3. The van der Waals surface area contributed by atoms with Crippen molar-refractivity contribution < 1.29 is 0 Å². The summed E-state index contributed by atoms with van der Waals surface area (Å²) < 4.78 is 2.08. The Morgan fingerprint density at radius 3 is 2.84 bits per heavy atom. The summed E-state index contributed by atoms with van der Waals surface area (Å²) in [5.74, 6) is 1.04. The molecule has 6 heteroatoms. The van der Waals surface area contributed by atoms with E-state index in [9.17, 15) is 0 Å². The molecule has 0 radical (unpaired) electrons. The van der Waals surface area contributed by atoms with Gasteiger partial charge in [0.05, 0.1) is 17.3 Å². The topological polar surface area (TPSA) is 59.2 Å². The summed E-state index contributed by atoms with van der Waals surface area (Å²) in [4.78, 5) is 16.8. The number of hydrogen-bond acceptors (Lipinski definition) is 5. The smallest absolute Gasteiger partial charge is 0.155 e. The van der Waals surface area contributed by atoms with Gasteiger partial charge in [-0.3, -0.25) is 0 Å². The normalized spacial score (nSPS) is 19.2. The van der Waals surface area contributed by atoms with Gasteiger partial charge < -0.3 is 4.90 Å². The molecule has 4 heterocycles. The van der Waals surface area contributed by atoms with Gasteiger partial charge in [-0.2, -0.15) is 5.10 Å². The van der Waals surface area contributed by atoms with Gasteiger partial charge in [-0.05, 0) is 76.0 Å². The molecule has 6 nitrogen and oxygen atoms in total. The Kier molecular flexibility index (Phi) is 4.40. The van der Waals surface area contributed by atoms with E-state index >= 15 is 0 Å². The van der Waals surface area contributed by atoms with Crippen LogP contribution in [-0.2, 0) is 12.8 Å². The van der Waals surface area contributed by atoms with Gasteiger partial charge in [0, 0.05) is 29.4 Å². The van der Waals surface area contributed by atoms with Crippen LogP contribution in [-0.4, -0.2) is 31.1 Å². The highest BCUT2D eigenvalue weighted by atomic mass is 15.3. The molecule has 6 rings (SSSR count). The van der Waals surface area contributed by atoms with Gasteiger partial charge in [-0.15, -0.1) is 0 Å². The molecule has 1 atom stereocenters. The lowest BCUT2D eigenvalue weighted by Crippen LogP contribution is -2.34. The van der Waals surface area contributed by atoms with E-state index in [1.807, 2.05) is 0 Å². The zero-order valence-corrected chi connectivity index (χ0v) is 18.3. The second-order valence-electron chi connectivity index (χ2n) is 9.04. The van der Waals surface area contributed by atoms with Crippen molar-refractivity contribution in [2.75, 3.05) is 11.4 Å². The number of rotatable bonds is 2. The molecule has 0 bridgehead atoms. The van der Waals surface area contributed by atoms with E-state index in [1.54, 1.807) is 6.33 Å². The quantitative estimate of drug-likeness (QED) is 0.469. The summed E-state index contributed by atoms with van der Waals surface area (Å²) in [6.07, 6.45) is 9.88. The standard InChI is InChI=1S/C25H28N6/c1-16-8-7-11-20-24(16)25(27-15-26-20)30-13-6-5-12-22(30)21-14-23-28-19-10-4-3-9-18(19)17(2)31(23)29-21/h7-8,11,14-15,22H,3-6,9-10,12-13H2,1-2H3/t22-/m1/s1. The number of aromatic nitrogens is 5. The van der Waals surface area contributed by atoms with Crippen LogP contribution in [0.25, 0.3) is 16.6 Å². The lowest BCUT2D eigenvalue weighted by Gasteiger charge is -2.36. The lowest BCUT2D eigenvalue weighted by molar-refractivity contribution is 0.461. The van der Waals surface area contributed by atoms with Gasteiger partial charge in [-0.1, -0.05) is 12.1 Å². The monoisotopic (exact) mass is 412 g/mol. The van der Waals surface area contributed by atoms with E-state index in [0.717, 1.165) is 53.9 Å². The molecule has 158 valence electrons. The van der Waals surface area contributed by atoms with Crippen molar-refractivity contribution in [2.45, 2.75) is 64.8 Å². The largest absolute Gasteiger partial charge is 0.347 e. The molecule has 1 fully saturated rings. The summed E-state index contributed by atoms with van der Waals surface area (Å²) in [7, 11) is 0. The molecular weight excluding hydrogens is 384 g/mol. The van der Waals surface area contributed by atoms with Gasteiger partial charge >= 0.3 is 0 Å². The number of piperidine rings is 1. The Balaban J connectivity index is 1.48. The molecule has 0 N–H and O–H groups in total. The Bertz CT molecular complexity index is 1290. The second-order valence-corrected chi connectivity index (χ2v) is 9.04. The van der Waals surface area contributed by atoms with Crippen LogP contribution in [0.4, 0.5) is 5.82 Å². The molecule has 1 saturated heterocycles. The predicted octanol–water partition coefficient (Wildman–Crippen LogP) is 4.90. The minimum atomic E-state index is 0.213. The highest BCUT2D eigenvalue weighted by molar-refractivity contribution is 5.92. The third kappa shape index (κ3) is 2.99. The molecule has 4 aromatic rings. The summed E-state index contributed by atoms with van der Waals surface area (Å²) in [5.41, 5.74) is 8.27. The molecule has 1 aliphatic carbocycles. The van der Waals surface area contributed by atoms with Crippen LogP contribution in [0.1, 0.15) is 66.4 Å². The molecule has 1 aromatic carbocycles. The SMILES string of the molecule is Cc1cccc2ncnc(N3CCCC[C@@H]3c3cc4nc5c(c(C)n4n3)CCCC5)c12. The number of nitrogens with zero attached hydrogens (tertiary/aromatic N) is 6. The summed E-state index contributed by atoms with van der Waals surface area (Å²) in [5, 5.41) is 6.25. The fraction of sp³-hybridized carbons (Fsp3) is 0.440. The van der Waals surface area contributed by atoms with Crippen LogP contribution < -0.4 is 4.90 Å². The number of anilines is 1. The molecule has 0 spiro atoms. The minimum Gasteiger partial charge on any atom is -0.347 e. The Morgan fingerprint density at radius 2 is 1.90 bits per heavy atom. The summed E-state index contributed by atoms with van der Waals surface area (Å²) in [6, 6.07) is 8.72. The van der Waals surface area contributed by atoms with Crippen LogP contribution in [0.15, 0.2) is 30.6 Å². The van der Waals surface area contributed by atoms with Crippen LogP contribution in [0.5, 0.6) is 0 Å². The third-order valence-corrected chi connectivity index (χ3v) is 7.12. The first-order valence-electron chi connectivity index (χ1n) is 11.6. The van der Waals surface area contributed by atoms with E-state index < -0.39 is 0 Å². The zero-order valence-electron chi connectivity index (χ0n) is 18.3. The van der Waals surface area contributed by atoms with E-state index in [1.165, 1.54) is 48.2 Å². The lowest BCUT2D eigenvalue weighted by atomic mass is 9.95. The van der Waals surface area contributed by atoms with Crippen molar-refractivity contribution in [3.8, 4) is 0 Å². The van der Waals surface area contributed by atoms with Crippen molar-refractivity contribution in [3.05, 3.63) is 58.8 Å². The molecule has 1 aliphatic heterocycles. The molecule has 2 aliphatic rings. The molecule has 3 aromatic heterocycles. The van der Waals surface area contributed by atoms with Gasteiger partial charge in [0.15, 0.2) is 5.65 Å². The highest BCUT2D eigenvalue weighted by Crippen LogP contribution is 2.38.